The molecule has 0 aliphatic heterocycles. The van der Waals surface area contributed by atoms with Gasteiger partial charge in [0.25, 0.3) is 0 Å². The van der Waals surface area contributed by atoms with Crippen LogP contribution in [-0.4, -0.2) is 26.9 Å². The molecule has 0 bridgehead atoms. The number of nitrogens with zero attached hydrogens (tertiary/aromatic N) is 4. The molecule has 18 heavy (non-hydrogen) atoms. The van der Waals surface area contributed by atoms with Crippen LogP contribution in [0, 0.1) is 6.92 Å². The number of rotatable bonds is 2. The van der Waals surface area contributed by atoms with Gasteiger partial charge < -0.3 is 4.74 Å². The van der Waals surface area contributed by atoms with Gasteiger partial charge in [0.15, 0.2) is 0 Å². The molecule has 0 aromatic carbocycles. The van der Waals surface area contributed by atoms with E-state index in [1.807, 2.05) is 0 Å². The molecule has 0 saturated carbocycles. The highest BCUT2D eigenvalue weighted by atomic mass is 19.4. The topological polar surface area (TPSA) is 52.8 Å². The van der Waals surface area contributed by atoms with Crippen LogP contribution >= 0.6 is 0 Å². The first-order chi connectivity index (χ1) is 8.41. The van der Waals surface area contributed by atoms with Crippen LogP contribution in [0.5, 0.6) is 5.88 Å². The third-order valence-corrected chi connectivity index (χ3v) is 2.20. The molecule has 5 nitrogen and oxygen atoms in total. The maximum absolute atomic E-state index is 12.3. The molecule has 0 atom stereocenters. The van der Waals surface area contributed by atoms with Crippen molar-refractivity contribution >= 4 is 0 Å². The second-order valence-electron chi connectivity index (χ2n) is 3.53. The van der Waals surface area contributed by atoms with Crippen LogP contribution in [0.3, 0.4) is 0 Å². The maximum Gasteiger partial charge on any atom is 0.451 e. The van der Waals surface area contributed by atoms with Crippen molar-refractivity contribution in [2.75, 3.05) is 7.11 Å². The molecule has 8 heteroatoms. The summed E-state index contributed by atoms with van der Waals surface area (Å²) in [6.45, 7) is 1.77. The van der Waals surface area contributed by atoms with Gasteiger partial charge in [-0.1, -0.05) is 0 Å². The SMILES string of the molecule is COc1nn(-c2cnc(C(F)(F)F)nc2)cc1C. The summed E-state index contributed by atoms with van der Waals surface area (Å²) < 4.78 is 43.2. The largest absolute Gasteiger partial charge is 0.480 e. The van der Waals surface area contributed by atoms with Crippen molar-refractivity contribution in [2.24, 2.45) is 0 Å². The lowest BCUT2D eigenvalue weighted by Gasteiger charge is -2.05. The van der Waals surface area contributed by atoms with Crippen molar-refractivity contribution in [3.8, 4) is 11.6 Å². The summed E-state index contributed by atoms with van der Waals surface area (Å²) in [5.41, 5.74) is 1.09. The average Bonchev–Trinajstić information content (AvgIpc) is 2.69. The van der Waals surface area contributed by atoms with E-state index in [2.05, 4.69) is 15.1 Å². The fraction of sp³-hybridized carbons (Fsp3) is 0.300. The van der Waals surface area contributed by atoms with E-state index in [-0.39, 0.29) is 0 Å². The van der Waals surface area contributed by atoms with Gasteiger partial charge in [-0.2, -0.15) is 13.2 Å². The number of ether oxygens (including phenoxy) is 1. The molecule has 0 unspecified atom stereocenters. The molecule has 0 amide bonds. The van der Waals surface area contributed by atoms with Crippen molar-refractivity contribution in [1.82, 2.24) is 19.7 Å². The summed E-state index contributed by atoms with van der Waals surface area (Å²) in [7, 11) is 1.46. The van der Waals surface area contributed by atoms with Crippen molar-refractivity contribution in [2.45, 2.75) is 13.1 Å². The molecule has 0 spiro atoms. The van der Waals surface area contributed by atoms with Crippen LogP contribution < -0.4 is 4.74 Å². The van der Waals surface area contributed by atoms with E-state index in [1.54, 1.807) is 13.1 Å². The monoisotopic (exact) mass is 258 g/mol. The Bertz CT molecular complexity index is 547. The zero-order valence-corrected chi connectivity index (χ0v) is 9.56. The van der Waals surface area contributed by atoms with E-state index in [0.717, 1.165) is 18.0 Å². The van der Waals surface area contributed by atoms with E-state index in [1.165, 1.54) is 11.8 Å². The summed E-state index contributed by atoms with van der Waals surface area (Å²) >= 11 is 0. The quantitative estimate of drug-likeness (QED) is 0.826. The second kappa shape index (κ2) is 4.28. The summed E-state index contributed by atoms with van der Waals surface area (Å²) in [4.78, 5) is 6.51. The molecule has 2 rings (SSSR count). The fourth-order valence-corrected chi connectivity index (χ4v) is 1.36. The predicted octanol–water partition coefficient (Wildman–Crippen LogP) is 2.00. The number of hydrogen-bond acceptors (Lipinski definition) is 4. The zero-order chi connectivity index (χ0) is 13.3. The van der Waals surface area contributed by atoms with Crippen LogP contribution in [0.4, 0.5) is 13.2 Å². The molecular weight excluding hydrogens is 249 g/mol. The first-order valence-corrected chi connectivity index (χ1v) is 4.91. The Morgan fingerprint density at radius 1 is 1.22 bits per heavy atom. The first kappa shape index (κ1) is 12.3. The minimum atomic E-state index is -4.55. The summed E-state index contributed by atoms with van der Waals surface area (Å²) in [6.07, 6.45) is -0.815. The Balaban J connectivity index is 2.34. The number of halogens is 3. The predicted molar refractivity (Wildman–Crippen MR) is 55.4 cm³/mol. The lowest BCUT2D eigenvalue weighted by atomic mass is 10.4. The van der Waals surface area contributed by atoms with Gasteiger partial charge in [0, 0.05) is 11.8 Å². The van der Waals surface area contributed by atoms with Gasteiger partial charge in [0.05, 0.1) is 19.5 Å². The molecule has 0 saturated heterocycles. The average molecular weight is 258 g/mol. The molecule has 0 radical (unpaired) electrons. The van der Waals surface area contributed by atoms with E-state index >= 15 is 0 Å². The van der Waals surface area contributed by atoms with Crippen LogP contribution in [0.25, 0.3) is 5.69 Å². The molecular formula is C10H9F3N4O. The standard InChI is InChI=1S/C10H9F3N4O/c1-6-5-17(16-8(6)18-2)7-3-14-9(15-4-7)10(11,12)13/h3-5H,1-2H3. The van der Waals surface area contributed by atoms with Gasteiger partial charge in [-0.05, 0) is 6.92 Å². The molecule has 0 aliphatic carbocycles. The number of aromatic nitrogens is 4. The Morgan fingerprint density at radius 2 is 1.83 bits per heavy atom. The van der Waals surface area contributed by atoms with Gasteiger partial charge in [0.2, 0.25) is 11.7 Å². The van der Waals surface area contributed by atoms with Crippen molar-refractivity contribution < 1.29 is 17.9 Å². The number of alkyl halides is 3. The van der Waals surface area contributed by atoms with Crippen LogP contribution in [0.1, 0.15) is 11.4 Å². The normalized spacial score (nSPS) is 11.6. The third-order valence-electron chi connectivity index (χ3n) is 2.20. The van der Waals surface area contributed by atoms with Gasteiger partial charge in [-0.3, -0.25) is 0 Å². The first-order valence-electron chi connectivity index (χ1n) is 4.91. The van der Waals surface area contributed by atoms with E-state index in [9.17, 15) is 13.2 Å². The minimum Gasteiger partial charge on any atom is -0.480 e. The van der Waals surface area contributed by atoms with E-state index in [4.69, 9.17) is 4.74 Å². The van der Waals surface area contributed by atoms with Crippen LogP contribution in [0.2, 0.25) is 0 Å². The fourth-order valence-electron chi connectivity index (χ4n) is 1.36. The molecule has 2 aromatic heterocycles. The number of hydrogen-bond donors (Lipinski definition) is 0. The summed E-state index contributed by atoms with van der Waals surface area (Å²) in [5.74, 6) is -0.781. The summed E-state index contributed by atoms with van der Waals surface area (Å²) in [5, 5.41) is 4.02. The van der Waals surface area contributed by atoms with Crippen LogP contribution in [-0.2, 0) is 6.18 Å². The highest BCUT2D eigenvalue weighted by Crippen LogP contribution is 2.25. The van der Waals surface area contributed by atoms with Gasteiger partial charge in [-0.25, -0.2) is 14.6 Å². The van der Waals surface area contributed by atoms with Gasteiger partial charge in [0.1, 0.15) is 5.69 Å². The second-order valence-corrected chi connectivity index (χ2v) is 3.53. The van der Waals surface area contributed by atoms with Crippen LogP contribution in [0.15, 0.2) is 18.6 Å². The lowest BCUT2D eigenvalue weighted by Crippen LogP contribution is -2.11. The van der Waals surface area contributed by atoms with Crippen molar-refractivity contribution in [1.29, 1.82) is 0 Å². The van der Waals surface area contributed by atoms with E-state index < -0.39 is 12.0 Å². The Kier molecular flexibility index (Phi) is 2.93. The zero-order valence-electron chi connectivity index (χ0n) is 9.56. The highest BCUT2D eigenvalue weighted by molar-refractivity contribution is 5.30. The van der Waals surface area contributed by atoms with Gasteiger partial charge in [-0.15, -0.1) is 5.10 Å². The number of aryl methyl sites for hydroxylation is 1. The van der Waals surface area contributed by atoms with Gasteiger partial charge >= 0.3 is 6.18 Å². The summed E-state index contributed by atoms with van der Waals surface area (Å²) in [6, 6.07) is 0. The minimum absolute atomic E-state index is 0.328. The van der Waals surface area contributed by atoms with Crippen molar-refractivity contribution in [3.63, 3.8) is 0 Å². The Morgan fingerprint density at radius 3 is 2.28 bits per heavy atom. The Labute approximate surface area is 100 Å². The van der Waals surface area contributed by atoms with E-state index in [0.29, 0.717) is 11.6 Å². The third kappa shape index (κ3) is 2.27. The molecule has 0 fully saturated rings. The Hall–Kier alpha value is -2.12. The molecule has 96 valence electrons. The number of methoxy groups -OCH3 is 1. The molecule has 0 aliphatic rings. The highest BCUT2D eigenvalue weighted by Gasteiger charge is 2.34. The smallest absolute Gasteiger partial charge is 0.451 e. The maximum atomic E-state index is 12.3. The molecule has 2 heterocycles. The lowest BCUT2D eigenvalue weighted by molar-refractivity contribution is -0.145. The molecule has 2 aromatic rings. The van der Waals surface area contributed by atoms with Crippen molar-refractivity contribution in [3.05, 3.63) is 30.0 Å². The molecule has 0 N–H and O–H groups in total.